The van der Waals surface area contributed by atoms with Gasteiger partial charge in [0.2, 0.25) is 0 Å². The lowest BCUT2D eigenvalue weighted by molar-refractivity contribution is 0.0636. The third kappa shape index (κ3) is 9.09. The Balaban J connectivity index is 1.86. The minimum absolute atomic E-state index is 0.00837. The van der Waals surface area contributed by atoms with Crippen LogP contribution >= 0.6 is 0 Å². The summed E-state index contributed by atoms with van der Waals surface area (Å²) in [5.74, 6) is 0.735. The number of hydrogen-bond acceptors (Lipinski definition) is 4. The molecule has 2 rings (SSSR count). The van der Waals surface area contributed by atoms with Gasteiger partial charge in [-0.1, -0.05) is 36.4 Å². The fourth-order valence-corrected chi connectivity index (χ4v) is 2.87. The van der Waals surface area contributed by atoms with Gasteiger partial charge in [-0.3, -0.25) is 5.32 Å². The van der Waals surface area contributed by atoms with E-state index in [1.165, 1.54) is 0 Å². The fraction of sp³-hybridized carbons (Fsp3) is 0.417. The second kappa shape index (κ2) is 12.0. The summed E-state index contributed by atoms with van der Waals surface area (Å²) in [5.41, 5.74) is 3.21. The van der Waals surface area contributed by atoms with Gasteiger partial charge in [-0.2, -0.15) is 0 Å². The van der Waals surface area contributed by atoms with Crippen molar-refractivity contribution in [3.8, 4) is 0 Å². The molecule has 0 saturated carbocycles. The van der Waals surface area contributed by atoms with E-state index in [0.29, 0.717) is 18.8 Å². The van der Waals surface area contributed by atoms with E-state index in [9.17, 15) is 9.90 Å². The van der Waals surface area contributed by atoms with Crippen molar-refractivity contribution in [2.45, 2.75) is 52.9 Å². The van der Waals surface area contributed by atoms with Crippen molar-refractivity contribution < 1.29 is 14.6 Å². The molecule has 168 valence electrons. The predicted molar refractivity (Wildman–Crippen MR) is 125 cm³/mol. The average molecular weight is 427 g/mol. The van der Waals surface area contributed by atoms with Gasteiger partial charge < -0.3 is 20.5 Å². The summed E-state index contributed by atoms with van der Waals surface area (Å²) in [7, 11) is 0. The third-order valence-corrected chi connectivity index (χ3v) is 4.35. The van der Waals surface area contributed by atoms with Crippen LogP contribution in [0.3, 0.4) is 0 Å². The van der Waals surface area contributed by atoms with E-state index in [1.54, 1.807) is 0 Å². The topological polar surface area (TPSA) is 95.0 Å². The van der Waals surface area contributed by atoms with E-state index in [1.807, 2.05) is 76.2 Å². The number of carbonyl (C=O) groups is 1. The smallest absolute Gasteiger partial charge is 0.412 e. The van der Waals surface area contributed by atoms with Crippen molar-refractivity contribution in [2.75, 3.05) is 18.4 Å². The number of nitrogens with one attached hydrogen (secondary N) is 3. The van der Waals surface area contributed by atoms with Crippen LogP contribution in [0.1, 0.15) is 44.4 Å². The SMILES string of the molecule is CCNC(=NCc1ccccc1CO)NCCc1ccc(NC(=O)OC(C)(C)C)cc1. The van der Waals surface area contributed by atoms with E-state index in [-0.39, 0.29) is 6.61 Å². The number of carbonyl (C=O) groups excluding carboxylic acids is 1. The number of hydrogen-bond donors (Lipinski definition) is 4. The first-order chi connectivity index (χ1) is 14.8. The van der Waals surface area contributed by atoms with Gasteiger partial charge in [0.1, 0.15) is 5.60 Å². The van der Waals surface area contributed by atoms with Crippen LogP contribution in [0.15, 0.2) is 53.5 Å². The fourth-order valence-electron chi connectivity index (χ4n) is 2.87. The molecule has 0 aliphatic carbocycles. The first-order valence-corrected chi connectivity index (χ1v) is 10.6. The van der Waals surface area contributed by atoms with Crippen LogP contribution in [-0.4, -0.2) is 35.8 Å². The Morgan fingerprint density at radius 1 is 1.03 bits per heavy atom. The van der Waals surface area contributed by atoms with Crippen LogP contribution in [0.2, 0.25) is 0 Å². The number of aliphatic imine (C=N–C) groups is 1. The molecular formula is C24H34N4O3. The molecule has 31 heavy (non-hydrogen) atoms. The summed E-state index contributed by atoms with van der Waals surface area (Å²) in [4.78, 5) is 16.5. The van der Waals surface area contributed by atoms with Crippen molar-refractivity contribution in [3.05, 3.63) is 65.2 Å². The molecule has 0 radical (unpaired) electrons. The molecule has 2 aromatic rings. The van der Waals surface area contributed by atoms with Crippen LogP contribution < -0.4 is 16.0 Å². The lowest BCUT2D eigenvalue weighted by Crippen LogP contribution is -2.38. The van der Waals surface area contributed by atoms with Crippen molar-refractivity contribution >= 4 is 17.7 Å². The zero-order valence-corrected chi connectivity index (χ0v) is 18.9. The Bertz CT molecular complexity index is 858. The highest BCUT2D eigenvalue weighted by Gasteiger charge is 2.16. The summed E-state index contributed by atoms with van der Waals surface area (Å²) < 4.78 is 5.26. The summed E-state index contributed by atoms with van der Waals surface area (Å²) in [6.45, 7) is 9.50. The minimum Gasteiger partial charge on any atom is -0.444 e. The molecule has 0 aliphatic rings. The van der Waals surface area contributed by atoms with Crippen LogP contribution in [-0.2, 0) is 24.3 Å². The summed E-state index contributed by atoms with van der Waals surface area (Å²) in [5, 5.41) is 18.8. The number of aliphatic hydroxyl groups excluding tert-OH is 1. The standard InChI is InChI=1S/C24H34N4O3/c1-5-25-22(27-16-19-8-6-7-9-20(19)17-29)26-15-14-18-10-12-21(13-11-18)28-23(30)31-24(2,3)4/h6-13,29H,5,14-17H2,1-4H3,(H,28,30)(H2,25,26,27). The highest BCUT2D eigenvalue weighted by atomic mass is 16.6. The van der Waals surface area contributed by atoms with Crippen LogP contribution in [0, 0.1) is 0 Å². The second-order valence-electron chi connectivity index (χ2n) is 8.12. The number of anilines is 1. The number of guanidine groups is 1. The Morgan fingerprint density at radius 3 is 2.32 bits per heavy atom. The van der Waals surface area contributed by atoms with Gasteiger partial charge in [0.05, 0.1) is 13.2 Å². The van der Waals surface area contributed by atoms with E-state index in [2.05, 4.69) is 20.9 Å². The van der Waals surface area contributed by atoms with Gasteiger partial charge in [0, 0.05) is 18.8 Å². The third-order valence-electron chi connectivity index (χ3n) is 4.35. The Kier molecular flexibility index (Phi) is 9.34. The molecule has 4 N–H and O–H groups in total. The molecule has 0 aliphatic heterocycles. The molecule has 0 aromatic heterocycles. The maximum absolute atomic E-state index is 11.8. The zero-order valence-electron chi connectivity index (χ0n) is 18.9. The molecule has 0 unspecified atom stereocenters. The van der Waals surface area contributed by atoms with E-state index in [0.717, 1.165) is 35.6 Å². The Hall–Kier alpha value is -3.06. The number of nitrogens with zero attached hydrogens (tertiary/aromatic N) is 1. The van der Waals surface area contributed by atoms with Gasteiger partial charge in [-0.15, -0.1) is 0 Å². The summed E-state index contributed by atoms with van der Waals surface area (Å²) in [6, 6.07) is 15.4. The van der Waals surface area contributed by atoms with Crippen LogP contribution in [0.4, 0.5) is 10.5 Å². The van der Waals surface area contributed by atoms with Crippen LogP contribution in [0.25, 0.3) is 0 Å². The monoisotopic (exact) mass is 426 g/mol. The lowest BCUT2D eigenvalue weighted by atomic mass is 10.1. The molecule has 0 bridgehead atoms. The quantitative estimate of drug-likeness (QED) is 0.380. The molecule has 0 heterocycles. The van der Waals surface area contributed by atoms with E-state index >= 15 is 0 Å². The molecule has 7 nitrogen and oxygen atoms in total. The van der Waals surface area contributed by atoms with Crippen molar-refractivity contribution in [2.24, 2.45) is 4.99 Å². The molecule has 0 fully saturated rings. The number of amides is 1. The number of benzene rings is 2. The van der Waals surface area contributed by atoms with Crippen molar-refractivity contribution in [3.63, 3.8) is 0 Å². The second-order valence-corrected chi connectivity index (χ2v) is 8.12. The van der Waals surface area contributed by atoms with Gasteiger partial charge in [0.25, 0.3) is 0 Å². The molecule has 0 atom stereocenters. The number of aliphatic hydroxyl groups is 1. The van der Waals surface area contributed by atoms with Gasteiger partial charge in [-0.25, -0.2) is 9.79 Å². The van der Waals surface area contributed by atoms with Crippen molar-refractivity contribution in [1.29, 1.82) is 0 Å². The minimum atomic E-state index is -0.526. The highest BCUT2D eigenvalue weighted by molar-refractivity contribution is 5.84. The number of ether oxygens (including phenoxy) is 1. The maximum Gasteiger partial charge on any atom is 0.412 e. The molecule has 0 saturated heterocycles. The van der Waals surface area contributed by atoms with Gasteiger partial charge in [0.15, 0.2) is 5.96 Å². The molecule has 2 aromatic carbocycles. The maximum atomic E-state index is 11.8. The van der Waals surface area contributed by atoms with E-state index < -0.39 is 11.7 Å². The normalized spacial score (nSPS) is 11.7. The first kappa shape index (κ1) is 24.2. The van der Waals surface area contributed by atoms with E-state index in [4.69, 9.17) is 4.74 Å². The lowest BCUT2D eigenvalue weighted by Gasteiger charge is -2.19. The molecule has 1 amide bonds. The largest absolute Gasteiger partial charge is 0.444 e. The molecule has 7 heteroatoms. The first-order valence-electron chi connectivity index (χ1n) is 10.6. The summed E-state index contributed by atoms with van der Waals surface area (Å²) in [6.07, 6.45) is 0.348. The molecular weight excluding hydrogens is 392 g/mol. The van der Waals surface area contributed by atoms with Crippen LogP contribution in [0.5, 0.6) is 0 Å². The Morgan fingerprint density at radius 2 is 1.71 bits per heavy atom. The van der Waals surface area contributed by atoms with Gasteiger partial charge in [-0.05, 0) is 62.9 Å². The van der Waals surface area contributed by atoms with Gasteiger partial charge >= 0.3 is 6.09 Å². The van der Waals surface area contributed by atoms with Crippen molar-refractivity contribution in [1.82, 2.24) is 10.6 Å². The highest BCUT2D eigenvalue weighted by Crippen LogP contribution is 2.13. The average Bonchev–Trinajstić information content (AvgIpc) is 2.72. The Labute approximate surface area is 184 Å². The predicted octanol–water partition coefficient (Wildman–Crippen LogP) is 3.82. The summed E-state index contributed by atoms with van der Waals surface area (Å²) >= 11 is 0. The zero-order chi connectivity index (χ0) is 22.7. The number of rotatable bonds is 8. The molecule has 0 spiro atoms.